The molecule has 9 heteroatoms. The molecule has 0 atom stereocenters. The van der Waals surface area contributed by atoms with Gasteiger partial charge in [-0.3, -0.25) is 4.72 Å². The first-order chi connectivity index (χ1) is 11.4. The zero-order valence-electron chi connectivity index (χ0n) is 12.9. The summed E-state index contributed by atoms with van der Waals surface area (Å²) in [4.78, 5) is 0. The van der Waals surface area contributed by atoms with Crippen molar-refractivity contribution in [3.05, 3.63) is 47.6 Å². The van der Waals surface area contributed by atoms with E-state index in [9.17, 15) is 12.8 Å². The number of sulfonamides is 1. The molecule has 0 radical (unpaired) electrons. The average molecular weight is 351 g/mol. The van der Waals surface area contributed by atoms with Gasteiger partial charge in [0.2, 0.25) is 11.0 Å². The summed E-state index contributed by atoms with van der Waals surface area (Å²) in [5.74, 6) is 0.231. The molecule has 2 heterocycles. The summed E-state index contributed by atoms with van der Waals surface area (Å²) in [6, 6.07) is 6.46. The van der Waals surface area contributed by atoms with E-state index in [1.807, 2.05) is 6.92 Å². The Labute approximate surface area is 137 Å². The van der Waals surface area contributed by atoms with Crippen molar-refractivity contribution >= 4 is 15.7 Å². The molecule has 3 aromatic rings. The number of hydrogen-bond donors (Lipinski definition) is 1. The molecule has 7 nitrogen and oxygen atoms in total. The normalized spacial score (nSPS) is 11.6. The Morgan fingerprint density at radius 2 is 1.96 bits per heavy atom. The molecule has 126 valence electrons. The highest BCUT2D eigenvalue weighted by Gasteiger charge is 2.22. The van der Waals surface area contributed by atoms with Gasteiger partial charge in [-0.25, -0.2) is 4.39 Å². The highest BCUT2D eigenvalue weighted by Crippen LogP contribution is 2.26. The molecule has 0 spiro atoms. The molecule has 0 bridgehead atoms. The fraction of sp³-hybridized carbons (Fsp3) is 0.200. The SMILES string of the molecule is CCc1nnc(-c2ccc(S(=O)(=O)Nc3ccc(F)cc3C)o2)o1. The standard InChI is InChI=1S/C15H14FN3O4S/c1-3-13-17-18-15(23-13)12-6-7-14(22-12)24(20,21)19-11-5-4-10(16)8-9(11)2/h4-8,19H,3H2,1-2H3. The maximum atomic E-state index is 13.1. The van der Waals surface area contributed by atoms with E-state index in [1.54, 1.807) is 6.92 Å². The molecule has 1 N–H and O–H groups in total. The third-order valence-electron chi connectivity index (χ3n) is 3.26. The Morgan fingerprint density at radius 1 is 1.17 bits per heavy atom. The topological polar surface area (TPSA) is 98.2 Å². The molecule has 0 aliphatic carbocycles. The molecule has 0 saturated heterocycles. The largest absolute Gasteiger partial charge is 0.438 e. The Kier molecular flexibility index (Phi) is 4.10. The van der Waals surface area contributed by atoms with Crippen LogP contribution >= 0.6 is 0 Å². The van der Waals surface area contributed by atoms with Crippen LogP contribution in [0.5, 0.6) is 0 Å². The van der Waals surface area contributed by atoms with E-state index in [0.29, 0.717) is 17.9 Å². The van der Waals surface area contributed by atoms with E-state index >= 15 is 0 Å². The van der Waals surface area contributed by atoms with Crippen molar-refractivity contribution in [1.29, 1.82) is 0 Å². The first-order valence-electron chi connectivity index (χ1n) is 7.10. The second-order valence-corrected chi connectivity index (χ2v) is 6.65. The van der Waals surface area contributed by atoms with Crippen LogP contribution in [0.1, 0.15) is 18.4 Å². The zero-order chi connectivity index (χ0) is 17.3. The molecule has 0 saturated carbocycles. The van der Waals surface area contributed by atoms with Crippen molar-refractivity contribution < 1.29 is 21.6 Å². The monoisotopic (exact) mass is 351 g/mol. The van der Waals surface area contributed by atoms with Crippen LogP contribution in [0.3, 0.4) is 0 Å². The lowest BCUT2D eigenvalue weighted by Crippen LogP contribution is -2.13. The molecule has 2 aromatic heterocycles. The van der Waals surface area contributed by atoms with Gasteiger partial charge in [0.25, 0.3) is 15.9 Å². The van der Waals surface area contributed by atoms with Crippen LogP contribution in [0, 0.1) is 12.7 Å². The Hall–Kier alpha value is -2.68. The van der Waals surface area contributed by atoms with Gasteiger partial charge in [-0.1, -0.05) is 6.92 Å². The van der Waals surface area contributed by atoms with E-state index in [4.69, 9.17) is 8.83 Å². The summed E-state index contributed by atoms with van der Waals surface area (Å²) in [7, 11) is -3.96. The number of nitrogens with one attached hydrogen (secondary N) is 1. The lowest BCUT2D eigenvalue weighted by atomic mass is 10.2. The number of anilines is 1. The smallest absolute Gasteiger partial charge is 0.295 e. The van der Waals surface area contributed by atoms with Crippen LogP contribution in [0.2, 0.25) is 0 Å². The van der Waals surface area contributed by atoms with E-state index < -0.39 is 15.8 Å². The van der Waals surface area contributed by atoms with Crippen molar-refractivity contribution in [2.24, 2.45) is 0 Å². The van der Waals surface area contributed by atoms with Gasteiger partial charge in [-0.05, 0) is 42.8 Å². The lowest BCUT2D eigenvalue weighted by molar-refractivity contribution is 0.436. The maximum Gasteiger partial charge on any atom is 0.295 e. The van der Waals surface area contributed by atoms with Crippen LogP contribution in [-0.4, -0.2) is 18.6 Å². The first kappa shape index (κ1) is 16.2. The minimum absolute atomic E-state index is 0.103. The van der Waals surface area contributed by atoms with Gasteiger partial charge in [0.05, 0.1) is 5.69 Å². The van der Waals surface area contributed by atoms with Crippen molar-refractivity contribution in [3.63, 3.8) is 0 Å². The van der Waals surface area contributed by atoms with Crippen molar-refractivity contribution in [2.45, 2.75) is 25.4 Å². The van der Waals surface area contributed by atoms with Crippen molar-refractivity contribution in [1.82, 2.24) is 10.2 Å². The average Bonchev–Trinajstić information content (AvgIpc) is 3.18. The quantitative estimate of drug-likeness (QED) is 0.758. The summed E-state index contributed by atoms with van der Waals surface area (Å²) in [6.45, 7) is 3.45. The Morgan fingerprint density at radius 3 is 2.62 bits per heavy atom. The highest BCUT2D eigenvalue weighted by atomic mass is 32.2. The number of hydrogen-bond acceptors (Lipinski definition) is 6. The number of nitrogens with zero attached hydrogens (tertiary/aromatic N) is 2. The first-order valence-corrected chi connectivity index (χ1v) is 8.59. The van der Waals surface area contributed by atoms with E-state index in [-0.39, 0.29) is 22.4 Å². The Balaban J connectivity index is 1.87. The molecular weight excluding hydrogens is 337 g/mol. The summed E-state index contributed by atoms with van der Waals surface area (Å²) < 4.78 is 50.9. The molecule has 0 aliphatic heterocycles. The van der Waals surface area contributed by atoms with Crippen LogP contribution in [-0.2, 0) is 16.4 Å². The number of rotatable bonds is 5. The second kappa shape index (κ2) is 6.08. The molecule has 0 amide bonds. The van der Waals surface area contributed by atoms with Gasteiger partial charge in [-0.15, -0.1) is 10.2 Å². The number of aryl methyl sites for hydroxylation is 2. The van der Waals surface area contributed by atoms with Crippen LogP contribution < -0.4 is 4.72 Å². The summed E-state index contributed by atoms with van der Waals surface area (Å²) in [6.07, 6.45) is 0.560. The van der Waals surface area contributed by atoms with Crippen LogP contribution in [0.15, 0.2) is 44.3 Å². The van der Waals surface area contributed by atoms with E-state index in [1.165, 1.54) is 30.3 Å². The van der Waals surface area contributed by atoms with Crippen LogP contribution in [0.25, 0.3) is 11.7 Å². The van der Waals surface area contributed by atoms with Gasteiger partial charge in [0.15, 0.2) is 5.76 Å². The van der Waals surface area contributed by atoms with Gasteiger partial charge >= 0.3 is 0 Å². The van der Waals surface area contributed by atoms with Gasteiger partial charge in [0.1, 0.15) is 5.82 Å². The van der Waals surface area contributed by atoms with Crippen LogP contribution in [0.4, 0.5) is 10.1 Å². The van der Waals surface area contributed by atoms with Gasteiger partial charge < -0.3 is 8.83 Å². The predicted molar refractivity (Wildman–Crippen MR) is 83.3 cm³/mol. The number of furan rings is 1. The molecule has 3 rings (SSSR count). The predicted octanol–water partition coefficient (Wildman–Crippen LogP) is 3.14. The summed E-state index contributed by atoms with van der Waals surface area (Å²) in [5, 5.41) is 7.28. The number of aromatic nitrogens is 2. The summed E-state index contributed by atoms with van der Waals surface area (Å²) >= 11 is 0. The molecule has 0 fully saturated rings. The highest BCUT2D eigenvalue weighted by molar-refractivity contribution is 7.92. The number of halogens is 1. The molecule has 0 aliphatic rings. The van der Waals surface area contributed by atoms with E-state index in [0.717, 1.165) is 0 Å². The second-order valence-electron chi connectivity index (χ2n) is 5.04. The molecular formula is C15H14FN3O4S. The molecule has 0 unspecified atom stereocenters. The van der Waals surface area contributed by atoms with E-state index in [2.05, 4.69) is 14.9 Å². The van der Waals surface area contributed by atoms with Crippen molar-refractivity contribution in [3.8, 4) is 11.7 Å². The minimum Gasteiger partial charge on any atom is -0.438 e. The van der Waals surface area contributed by atoms with Crippen molar-refractivity contribution in [2.75, 3.05) is 4.72 Å². The maximum absolute atomic E-state index is 13.1. The summed E-state index contributed by atoms with van der Waals surface area (Å²) in [5.41, 5.74) is 0.718. The fourth-order valence-corrected chi connectivity index (χ4v) is 3.08. The third kappa shape index (κ3) is 3.16. The third-order valence-corrected chi connectivity index (χ3v) is 4.50. The fourth-order valence-electron chi connectivity index (χ4n) is 2.01. The van der Waals surface area contributed by atoms with Gasteiger partial charge in [-0.2, -0.15) is 8.42 Å². The minimum atomic E-state index is -3.96. The number of benzene rings is 1. The van der Waals surface area contributed by atoms with Gasteiger partial charge in [0, 0.05) is 6.42 Å². The Bertz CT molecular complexity index is 978. The molecule has 24 heavy (non-hydrogen) atoms. The lowest BCUT2D eigenvalue weighted by Gasteiger charge is -2.08. The molecule has 1 aromatic carbocycles. The zero-order valence-corrected chi connectivity index (χ0v) is 13.7.